The first kappa shape index (κ1) is 26.7. The molecule has 0 spiro atoms. The smallest absolute Gasteiger partial charge is 0.356 e. The molecule has 5 rings (SSSR count). The van der Waals surface area contributed by atoms with Crippen molar-refractivity contribution in [3.8, 4) is 0 Å². The van der Waals surface area contributed by atoms with E-state index in [1.807, 2.05) is 78.2 Å². The minimum atomic E-state index is -0.764. The summed E-state index contributed by atoms with van der Waals surface area (Å²) in [7, 11) is 0. The van der Waals surface area contributed by atoms with Gasteiger partial charge < -0.3 is 14.8 Å². The standard InChI is InChI=1S/C29H26N2O6S2/c1-18(32)36-16-21-17-39-28-24(30-23(33)15-22-13-8-14-38-22)27(34)31(28)25(21)29(35)37-26(19-9-4-2-5-10-19)20-11-6-3-7-12-20/h2-14,24,26,28H,15-17H2,1H3,(H,30,33). The molecule has 2 aliphatic heterocycles. The summed E-state index contributed by atoms with van der Waals surface area (Å²) < 4.78 is 11.3. The van der Waals surface area contributed by atoms with E-state index in [9.17, 15) is 19.2 Å². The first-order valence-corrected chi connectivity index (χ1v) is 14.3. The number of fused-ring (bicyclic) bond motifs is 1. The number of esters is 2. The number of carbonyl (C=O) groups is 4. The van der Waals surface area contributed by atoms with Crippen molar-refractivity contribution < 1.29 is 28.7 Å². The minimum absolute atomic E-state index is 0.0608. The Morgan fingerprint density at radius 1 is 1.00 bits per heavy atom. The van der Waals surface area contributed by atoms with Gasteiger partial charge in [0.15, 0.2) is 6.10 Å². The molecule has 2 amide bonds. The van der Waals surface area contributed by atoms with E-state index in [0.29, 0.717) is 11.3 Å². The van der Waals surface area contributed by atoms with E-state index in [1.54, 1.807) is 0 Å². The van der Waals surface area contributed by atoms with E-state index < -0.39 is 35.4 Å². The highest BCUT2D eigenvalue weighted by Crippen LogP contribution is 2.41. The zero-order chi connectivity index (χ0) is 27.4. The van der Waals surface area contributed by atoms with Crippen LogP contribution < -0.4 is 5.32 Å². The van der Waals surface area contributed by atoms with Crippen LogP contribution in [-0.4, -0.2) is 52.4 Å². The van der Waals surface area contributed by atoms with Crippen molar-refractivity contribution in [3.05, 3.63) is 105 Å². The highest BCUT2D eigenvalue weighted by Gasteiger charge is 2.54. The van der Waals surface area contributed by atoms with Gasteiger partial charge in [-0.15, -0.1) is 23.1 Å². The predicted molar refractivity (Wildman–Crippen MR) is 148 cm³/mol. The monoisotopic (exact) mass is 562 g/mol. The van der Waals surface area contributed by atoms with Gasteiger partial charge in [-0.3, -0.25) is 19.3 Å². The molecule has 0 bridgehead atoms. The van der Waals surface area contributed by atoms with E-state index in [1.165, 1.54) is 34.9 Å². The van der Waals surface area contributed by atoms with Crippen LogP contribution in [-0.2, 0) is 35.1 Å². The summed E-state index contributed by atoms with van der Waals surface area (Å²) in [6.45, 7) is 1.14. The number of nitrogens with zero attached hydrogens (tertiary/aromatic N) is 1. The number of hydrogen-bond acceptors (Lipinski definition) is 8. The van der Waals surface area contributed by atoms with Crippen LogP contribution in [0.5, 0.6) is 0 Å². The van der Waals surface area contributed by atoms with Crippen LogP contribution in [0.25, 0.3) is 0 Å². The van der Waals surface area contributed by atoms with Gasteiger partial charge in [0.25, 0.3) is 5.91 Å². The van der Waals surface area contributed by atoms with E-state index in [4.69, 9.17) is 9.47 Å². The highest BCUT2D eigenvalue weighted by atomic mass is 32.2. The van der Waals surface area contributed by atoms with Gasteiger partial charge in [0, 0.05) is 23.1 Å². The largest absolute Gasteiger partial charge is 0.461 e. The molecule has 200 valence electrons. The first-order valence-electron chi connectivity index (χ1n) is 12.3. The van der Waals surface area contributed by atoms with Gasteiger partial charge in [-0.1, -0.05) is 66.7 Å². The second-order valence-corrected chi connectivity index (χ2v) is 11.2. The number of nitrogens with one attached hydrogen (secondary N) is 1. The van der Waals surface area contributed by atoms with Crippen molar-refractivity contribution in [3.63, 3.8) is 0 Å². The van der Waals surface area contributed by atoms with Crippen molar-refractivity contribution in [2.24, 2.45) is 0 Å². The lowest BCUT2D eigenvalue weighted by Crippen LogP contribution is -2.70. The summed E-state index contributed by atoms with van der Waals surface area (Å²) in [5.74, 6) is -1.53. The van der Waals surface area contributed by atoms with Crippen LogP contribution in [0.3, 0.4) is 0 Å². The lowest BCUT2D eigenvalue weighted by molar-refractivity contribution is -0.155. The van der Waals surface area contributed by atoms with Gasteiger partial charge in [0.05, 0.1) is 6.42 Å². The second-order valence-electron chi connectivity index (χ2n) is 9.05. The lowest BCUT2D eigenvalue weighted by Gasteiger charge is -2.49. The van der Waals surface area contributed by atoms with Crippen molar-refractivity contribution in [2.75, 3.05) is 12.4 Å². The summed E-state index contributed by atoms with van der Waals surface area (Å²) in [6.07, 6.45) is -0.537. The number of thiophene rings is 1. The molecule has 1 saturated heterocycles. The Bertz CT molecular complexity index is 1350. The van der Waals surface area contributed by atoms with Crippen molar-refractivity contribution in [1.29, 1.82) is 0 Å². The Morgan fingerprint density at radius 2 is 1.67 bits per heavy atom. The molecule has 1 fully saturated rings. The summed E-state index contributed by atoms with van der Waals surface area (Å²) in [5.41, 5.74) is 2.09. The van der Waals surface area contributed by atoms with Crippen LogP contribution in [0.2, 0.25) is 0 Å². The number of thioether (sulfide) groups is 1. The van der Waals surface area contributed by atoms with Crippen molar-refractivity contribution in [2.45, 2.75) is 30.9 Å². The molecule has 0 aliphatic carbocycles. The SMILES string of the molecule is CC(=O)OCC1=C(C(=O)OC(c2ccccc2)c2ccccc2)N2C(=O)C(NC(=O)Cc3cccs3)C2SC1. The molecule has 2 atom stereocenters. The zero-order valence-electron chi connectivity index (χ0n) is 21.1. The van der Waals surface area contributed by atoms with E-state index in [-0.39, 0.29) is 24.6 Å². The van der Waals surface area contributed by atoms with Gasteiger partial charge in [-0.05, 0) is 22.6 Å². The molecule has 0 saturated carbocycles. The quantitative estimate of drug-likeness (QED) is 0.312. The first-order chi connectivity index (χ1) is 18.9. The maximum absolute atomic E-state index is 13.8. The molecule has 2 aromatic carbocycles. The molecule has 2 aliphatic rings. The molecular weight excluding hydrogens is 536 g/mol. The minimum Gasteiger partial charge on any atom is -0.461 e. The molecule has 0 radical (unpaired) electrons. The number of amides is 2. The van der Waals surface area contributed by atoms with Crippen LogP contribution in [0.1, 0.15) is 29.0 Å². The van der Waals surface area contributed by atoms with E-state index >= 15 is 0 Å². The summed E-state index contributed by atoms with van der Waals surface area (Å²) in [6, 6.07) is 21.6. The van der Waals surface area contributed by atoms with Crippen LogP contribution in [0.4, 0.5) is 0 Å². The molecule has 2 unspecified atom stereocenters. The third kappa shape index (κ3) is 5.91. The normalized spacial score (nSPS) is 18.3. The molecule has 3 heterocycles. The number of carbonyl (C=O) groups excluding carboxylic acids is 4. The predicted octanol–water partition coefficient (Wildman–Crippen LogP) is 3.84. The average Bonchev–Trinajstić information content (AvgIpc) is 3.46. The van der Waals surface area contributed by atoms with Gasteiger partial charge >= 0.3 is 11.9 Å². The van der Waals surface area contributed by atoms with Gasteiger partial charge in [0.2, 0.25) is 5.91 Å². The Kier molecular flexibility index (Phi) is 8.13. The number of ether oxygens (including phenoxy) is 2. The third-order valence-corrected chi connectivity index (χ3v) is 8.57. The summed E-state index contributed by atoms with van der Waals surface area (Å²) in [5, 5.41) is 4.23. The molecule has 10 heteroatoms. The zero-order valence-corrected chi connectivity index (χ0v) is 22.7. The summed E-state index contributed by atoms with van der Waals surface area (Å²) >= 11 is 2.87. The van der Waals surface area contributed by atoms with Crippen LogP contribution >= 0.6 is 23.1 Å². The molecule has 1 aromatic heterocycles. The topological polar surface area (TPSA) is 102 Å². The Labute approximate surface area is 234 Å². The van der Waals surface area contributed by atoms with E-state index in [0.717, 1.165) is 16.0 Å². The fourth-order valence-corrected chi connectivity index (χ4v) is 6.55. The van der Waals surface area contributed by atoms with Gasteiger partial charge in [-0.2, -0.15) is 0 Å². The molecular formula is C29H26N2O6S2. The number of hydrogen-bond donors (Lipinski definition) is 1. The summed E-state index contributed by atoms with van der Waals surface area (Å²) in [4.78, 5) is 53.5. The molecule has 1 N–H and O–H groups in total. The molecule has 8 nitrogen and oxygen atoms in total. The van der Waals surface area contributed by atoms with Crippen molar-refractivity contribution >= 4 is 46.9 Å². The fraction of sp³-hybridized carbons (Fsp3) is 0.241. The third-order valence-electron chi connectivity index (χ3n) is 6.35. The second kappa shape index (κ2) is 11.9. The van der Waals surface area contributed by atoms with Crippen molar-refractivity contribution in [1.82, 2.24) is 10.2 Å². The number of benzene rings is 2. The number of β-lactam (4-membered cyclic amide) rings is 1. The molecule has 3 aromatic rings. The van der Waals surface area contributed by atoms with Crippen LogP contribution in [0, 0.1) is 0 Å². The lowest BCUT2D eigenvalue weighted by atomic mass is 10.0. The van der Waals surface area contributed by atoms with Gasteiger partial charge in [-0.25, -0.2) is 4.79 Å². The fourth-order valence-electron chi connectivity index (χ4n) is 4.51. The Balaban J connectivity index is 1.40. The Hall–Kier alpha value is -3.89. The highest BCUT2D eigenvalue weighted by molar-refractivity contribution is 8.00. The Morgan fingerprint density at radius 3 is 2.26 bits per heavy atom. The molecule has 39 heavy (non-hydrogen) atoms. The average molecular weight is 563 g/mol. The van der Waals surface area contributed by atoms with Gasteiger partial charge in [0.1, 0.15) is 23.7 Å². The maximum atomic E-state index is 13.8. The maximum Gasteiger partial charge on any atom is 0.356 e. The van der Waals surface area contributed by atoms with Crippen LogP contribution in [0.15, 0.2) is 89.4 Å². The van der Waals surface area contributed by atoms with E-state index in [2.05, 4.69) is 5.32 Å². The number of rotatable bonds is 9.